The number of benzene rings is 1. The predicted octanol–water partition coefficient (Wildman–Crippen LogP) is 1.53. The summed E-state index contributed by atoms with van der Waals surface area (Å²) >= 11 is 0. The molecule has 0 saturated heterocycles. The number of nitrogens with two attached hydrogens (primary N) is 1. The van der Waals surface area contributed by atoms with E-state index >= 15 is 0 Å². The molecule has 1 aliphatic carbocycles. The number of hydrogen-bond donors (Lipinski definition) is 2. The molecule has 0 unspecified atom stereocenters. The summed E-state index contributed by atoms with van der Waals surface area (Å²) in [5.41, 5.74) is 4.00. The van der Waals surface area contributed by atoms with Gasteiger partial charge in [0.1, 0.15) is 0 Å². The molecule has 1 saturated carbocycles. The molecule has 110 valence electrons. The molecule has 5 nitrogen and oxygen atoms in total. The molecule has 0 bridgehead atoms. The summed E-state index contributed by atoms with van der Waals surface area (Å²) in [7, 11) is 6.04. The number of nitrogen functional groups attached to an aromatic ring is 1. The number of anilines is 1. The van der Waals surface area contributed by atoms with Gasteiger partial charge in [-0.2, -0.15) is 0 Å². The number of rotatable bonds is 5. The van der Waals surface area contributed by atoms with Crippen LogP contribution in [0.3, 0.4) is 0 Å². The summed E-state index contributed by atoms with van der Waals surface area (Å²) < 4.78 is 0. The zero-order valence-corrected chi connectivity index (χ0v) is 12.5. The number of nitrogens with one attached hydrogen (secondary N) is 1. The van der Waals surface area contributed by atoms with Crippen LogP contribution in [0.25, 0.3) is 0 Å². The van der Waals surface area contributed by atoms with Crippen molar-refractivity contribution in [3.05, 3.63) is 29.8 Å². The number of nitrogens with zero attached hydrogens (tertiary/aromatic N) is 2. The fourth-order valence-corrected chi connectivity index (χ4v) is 2.85. The maximum absolute atomic E-state index is 12.6. The lowest BCUT2D eigenvalue weighted by molar-refractivity contribution is 0.0253. The number of para-hydroxylation sites is 1. The standard InChI is InChI=1S/C15H24N4O/c1-18(2)15(9-6-10-15)11-19(3)14(20)12-7-4-5-8-13(12)17-16/h4-5,7-8,17H,6,9-11,16H2,1-3H3. The zero-order chi connectivity index (χ0) is 14.8. The highest BCUT2D eigenvalue weighted by molar-refractivity contribution is 5.99. The van der Waals surface area contributed by atoms with Crippen LogP contribution in [0.4, 0.5) is 5.69 Å². The number of amides is 1. The summed E-state index contributed by atoms with van der Waals surface area (Å²) in [6, 6.07) is 7.33. The molecule has 2 rings (SSSR count). The Morgan fingerprint density at radius 1 is 1.30 bits per heavy atom. The Labute approximate surface area is 120 Å². The van der Waals surface area contributed by atoms with Crippen molar-refractivity contribution < 1.29 is 4.79 Å². The molecule has 1 aromatic carbocycles. The first kappa shape index (κ1) is 14.8. The summed E-state index contributed by atoms with van der Waals surface area (Å²) in [6.45, 7) is 0.748. The van der Waals surface area contributed by atoms with Gasteiger partial charge < -0.3 is 15.2 Å². The van der Waals surface area contributed by atoms with E-state index in [0.29, 0.717) is 11.3 Å². The summed E-state index contributed by atoms with van der Waals surface area (Å²) in [5.74, 6) is 5.48. The van der Waals surface area contributed by atoms with Gasteiger partial charge >= 0.3 is 0 Å². The number of carbonyl (C=O) groups is 1. The topological polar surface area (TPSA) is 61.6 Å². The molecule has 20 heavy (non-hydrogen) atoms. The van der Waals surface area contributed by atoms with E-state index in [4.69, 9.17) is 5.84 Å². The SMILES string of the molecule is CN(CC1(N(C)C)CCC1)C(=O)c1ccccc1NN. The van der Waals surface area contributed by atoms with Gasteiger partial charge in [-0.05, 0) is 45.5 Å². The minimum Gasteiger partial charge on any atom is -0.340 e. The summed E-state index contributed by atoms with van der Waals surface area (Å²) in [6.07, 6.45) is 3.53. The van der Waals surface area contributed by atoms with Gasteiger partial charge in [-0.15, -0.1) is 0 Å². The van der Waals surface area contributed by atoms with E-state index < -0.39 is 0 Å². The normalized spacial score (nSPS) is 16.6. The summed E-state index contributed by atoms with van der Waals surface area (Å²) in [4.78, 5) is 16.6. The van der Waals surface area contributed by atoms with Crippen molar-refractivity contribution in [1.82, 2.24) is 9.80 Å². The smallest absolute Gasteiger partial charge is 0.255 e. The number of carbonyl (C=O) groups excluding carboxylic acids is 1. The summed E-state index contributed by atoms with van der Waals surface area (Å²) in [5, 5.41) is 0. The lowest BCUT2D eigenvalue weighted by Crippen LogP contribution is -2.57. The highest BCUT2D eigenvalue weighted by Crippen LogP contribution is 2.36. The first-order chi connectivity index (χ1) is 9.50. The molecule has 1 aliphatic rings. The molecule has 0 spiro atoms. The van der Waals surface area contributed by atoms with Gasteiger partial charge in [-0.25, -0.2) is 0 Å². The molecule has 1 amide bonds. The van der Waals surface area contributed by atoms with Crippen LogP contribution in [0.1, 0.15) is 29.6 Å². The quantitative estimate of drug-likeness (QED) is 0.632. The second-order valence-corrected chi connectivity index (χ2v) is 5.82. The van der Waals surface area contributed by atoms with Gasteiger partial charge in [0.25, 0.3) is 5.91 Å². The van der Waals surface area contributed by atoms with Crippen molar-refractivity contribution in [3.8, 4) is 0 Å². The Balaban J connectivity index is 2.13. The Bertz CT molecular complexity index is 483. The first-order valence-corrected chi connectivity index (χ1v) is 6.99. The molecule has 3 N–H and O–H groups in total. The molecule has 5 heteroatoms. The van der Waals surface area contributed by atoms with Gasteiger partial charge in [-0.1, -0.05) is 12.1 Å². The highest BCUT2D eigenvalue weighted by Gasteiger charge is 2.40. The van der Waals surface area contributed by atoms with Gasteiger partial charge in [0, 0.05) is 19.1 Å². The minimum atomic E-state index is 0.00618. The molecular weight excluding hydrogens is 252 g/mol. The van der Waals surface area contributed by atoms with Crippen molar-refractivity contribution >= 4 is 11.6 Å². The average Bonchev–Trinajstić information content (AvgIpc) is 2.41. The average molecular weight is 276 g/mol. The molecule has 0 atom stereocenters. The molecular formula is C15H24N4O. The lowest BCUT2D eigenvalue weighted by atomic mass is 9.75. The zero-order valence-electron chi connectivity index (χ0n) is 12.5. The van der Waals surface area contributed by atoms with Crippen molar-refractivity contribution in [3.63, 3.8) is 0 Å². The first-order valence-electron chi connectivity index (χ1n) is 6.99. The van der Waals surface area contributed by atoms with Crippen molar-refractivity contribution in [2.45, 2.75) is 24.8 Å². The number of hydrazine groups is 1. The van der Waals surface area contributed by atoms with Crippen molar-refractivity contribution in [2.24, 2.45) is 5.84 Å². The van der Waals surface area contributed by atoms with E-state index in [1.54, 1.807) is 11.0 Å². The lowest BCUT2D eigenvalue weighted by Gasteiger charge is -2.49. The van der Waals surface area contributed by atoms with E-state index in [9.17, 15) is 4.79 Å². The Morgan fingerprint density at radius 2 is 1.95 bits per heavy atom. The third-order valence-electron chi connectivity index (χ3n) is 4.42. The van der Waals surface area contributed by atoms with E-state index in [0.717, 1.165) is 19.4 Å². The molecule has 0 aromatic heterocycles. The fraction of sp³-hybridized carbons (Fsp3) is 0.533. The van der Waals surface area contributed by atoms with E-state index in [1.165, 1.54) is 6.42 Å². The molecule has 0 radical (unpaired) electrons. The predicted molar refractivity (Wildman–Crippen MR) is 81.5 cm³/mol. The maximum atomic E-state index is 12.6. The molecule has 0 heterocycles. The Morgan fingerprint density at radius 3 is 2.45 bits per heavy atom. The Kier molecular flexibility index (Phi) is 4.30. The Hall–Kier alpha value is -1.59. The van der Waals surface area contributed by atoms with Crippen LogP contribution >= 0.6 is 0 Å². The fourth-order valence-electron chi connectivity index (χ4n) is 2.85. The number of likely N-dealkylation sites (N-methyl/N-ethyl adjacent to an activating group) is 2. The third kappa shape index (κ3) is 2.64. The molecule has 1 fully saturated rings. The highest BCUT2D eigenvalue weighted by atomic mass is 16.2. The van der Waals surface area contributed by atoms with Crippen LogP contribution < -0.4 is 11.3 Å². The largest absolute Gasteiger partial charge is 0.340 e. The van der Waals surface area contributed by atoms with Gasteiger partial charge in [0.2, 0.25) is 0 Å². The second-order valence-electron chi connectivity index (χ2n) is 5.82. The monoisotopic (exact) mass is 276 g/mol. The molecule has 1 aromatic rings. The number of hydrogen-bond acceptors (Lipinski definition) is 4. The van der Waals surface area contributed by atoms with E-state index in [2.05, 4.69) is 24.4 Å². The minimum absolute atomic E-state index is 0.00618. The molecule has 0 aliphatic heterocycles. The van der Waals surface area contributed by atoms with Crippen LogP contribution in [0.15, 0.2) is 24.3 Å². The van der Waals surface area contributed by atoms with Crippen molar-refractivity contribution in [1.29, 1.82) is 0 Å². The van der Waals surface area contributed by atoms with Crippen LogP contribution in [-0.2, 0) is 0 Å². The van der Waals surface area contributed by atoms with Crippen LogP contribution in [0.5, 0.6) is 0 Å². The van der Waals surface area contributed by atoms with Crippen LogP contribution in [0, 0.1) is 0 Å². The third-order valence-corrected chi connectivity index (χ3v) is 4.42. The van der Waals surface area contributed by atoms with Gasteiger partial charge in [-0.3, -0.25) is 10.6 Å². The van der Waals surface area contributed by atoms with Gasteiger partial charge in [0.15, 0.2) is 0 Å². The van der Waals surface area contributed by atoms with E-state index in [1.807, 2.05) is 25.2 Å². The van der Waals surface area contributed by atoms with Gasteiger partial charge in [0.05, 0.1) is 11.3 Å². The van der Waals surface area contributed by atoms with E-state index in [-0.39, 0.29) is 11.4 Å². The van der Waals surface area contributed by atoms with Crippen LogP contribution in [-0.4, -0.2) is 48.9 Å². The second kappa shape index (κ2) is 5.81. The van der Waals surface area contributed by atoms with Crippen molar-refractivity contribution in [2.75, 3.05) is 33.1 Å². The maximum Gasteiger partial charge on any atom is 0.255 e. The van der Waals surface area contributed by atoms with Crippen LogP contribution in [0.2, 0.25) is 0 Å².